The Morgan fingerprint density at radius 3 is 2.67 bits per heavy atom. The Bertz CT molecular complexity index is 968. The van der Waals surface area contributed by atoms with Crippen LogP contribution in [0.4, 0.5) is 4.79 Å². The molecule has 0 aliphatic carbocycles. The smallest absolute Gasteiger partial charge is 0.317 e. The number of piperidine rings is 1. The molecule has 30 heavy (non-hydrogen) atoms. The van der Waals surface area contributed by atoms with E-state index in [9.17, 15) is 4.79 Å². The maximum Gasteiger partial charge on any atom is 0.317 e. The van der Waals surface area contributed by atoms with Crippen molar-refractivity contribution in [2.24, 2.45) is 0 Å². The van der Waals surface area contributed by atoms with E-state index in [1.165, 1.54) is 34.2 Å². The number of carbonyl (C=O) groups excluding carboxylic acids is 1. The van der Waals surface area contributed by atoms with E-state index in [-0.39, 0.29) is 6.03 Å². The van der Waals surface area contributed by atoms with E-state index >= 15 is 0 Å². The summed E-state index contributed by atoms with van der Waals surface area (Å²) in [5.74, 6) is 0.522. The lowest BCUT2D eigenvalue weighted by Crippen LogP contribution is -2.46. The molecule has 2 N–H and O–H groups in total. The van der Waals surface area contributed by atoms with Gasteiger partial charge in [0.25, 0.3) is 0 Å². The molecule has 0 spiro atoms. The van der Waals surface area contributed by atoms with E-state index in [1.54, 1.807) is 11.3 Å². The Hall–Kier alpha value is -2.31. The van der Waals surface area contributed by atoms with Crippen LogP contribution < -0.4 is 5.32 Å². The lowest BCUT2D eigenvalue weighted by molar-refractivity contribution is 0.174. The molecule has 0 saturated carbocycles. The van der Waals surface area contributed by atoms with Crippen molar-refractivity contribution in [1.29, 1.82) is 0 Å². The number of urea groups is 1. The van der Waals surface area contributed by atoms with Crippen molar-refractivity contribution in [3.05, 3.63) is 58.4 Å². The maximum atomic E-state index is 12.9. The van der Waals surface area contributed by atoms with Gasteiger partial charge in [-0.2, -0.15) is 0 Å². The van der Waals surface area contributed by atoms with Gasteiger partial charge in [0.2, 0.25) is 0 Å². The minimum atomic E-state index is 0.0909. The van der Waals surface area contributed by atoms with E-state index in [1.807, 2.05) is 4.90 Å². The van der Waals surface area contributed by atoms with Crippen LogP contribution in [0, 0.1) is 0 Å². The molecule has 1 unspecified atom stereocenters. The lowest BCUT2D eigenvalue weighted by atomic mass is 9.89. The van der Waals surface area contributed by atoms with Crippen molar-refractivity contribution in [3.8, 4) is 0 Å². The largest absolute Gasteiger partial charge is 0.361 e. The summed E-state index contributed by atoms with van der Waals surface area (Å²) in [5, 5.41) is 6.70. The summed E-state index contributed by atoms with van der Waals surface area (Å²) < 4.78 is 0. The number of nitrogens with zero attached hydrogens (tertiary/aromatic N) is 2. The van der Waals surface area contributed by atoms with Crippen molar-refractivity contribution in [2.75, 3.05) is 32.7 Å². The fourth-order valence-corrected chi connectivity index (χ4v) is 5.93. The molecule has 2 amide bonds. The van der Waals surface area contributed by atoms with Gasteiger partial charge in [-0.15, -0.1) is 11.3 Å². The Kier molecular flexibility index (Phi) is 5.77. The summed E-state index contributed by atoms with van der Waals surface area (Å²) in [6.07, 6.45) is 6.73. The van der Waals surface area contributed by atoms with Crippen molar-refractivity contribution in [3.63, 3.8) is 0 Å². The molecule has 6 heteroatoms. The number of para-hydroxylation sites is 1. The first-order valence-electron chi connectivity index (χ1n) is 11.2. The normalized spacial score (nSPS) is 19.4. The molecule has 5 rings (SSSR count). The number of rotatable bonds is 5. The molecule has 2 aliphatic rings. The summed E-state index contributed by atoms with van der Waals surface area (Å²) in [6, 6.07) is 13.2. The number of H-pyrrole nitrogens is 1. The van der Waals surface area contributed by atoms with Crippen LogP contribution in [0.1, 0.15) is 48.1 Å². The quantitative estimate of drug-likeness (QED) is 0.611. The summed E-state index contributed by atoms with van der Waals surface area (Å²) in [7, 11) is 0. The van der Waals surface area contributed by atoms with E-state index < -0.39 is 0 Å². The topological polar surface area (TPSA) is 51.4 Å². The lowest BCUT2D eigenvalue weighted by Gasteiger charge is -2.33. The number of hydrogen-bond donors (Lipinski definition) is 2. The van der Waals surface area contributed by atoms with Crippen molar-refractivity contribution in [2.45, 2.75) is 37.6 Å². The zero-order valence-corrected chi connectivity index (χ0v) is 18.2. The van der Waals surface area contributed by atoms with Crippen LogP contribution >= 0.6 is 11.3 Å². The molecule has 2 aliphatic heterocycles. The zero-order chi connectivity index (χ0) is 20.3. The zero-order valence-electron chi connectivity index (χ0n) is 17.3. The van der Waals surface area contributed by atoms with E-state index in [0.29, 0.717) is 18.5 Å². The van der Waals surface area contributed by atoms with Crippen molar-refractivity contribution in [1.82, 2.24) is 20.1 Å². The number of amides is 2. The monoisotopic (exact) mass is 422 g/mol. The molecule has 1 atom stereocenters. The number of likely N-dealkylation sites (tertiary alicyclic amines) is 2. The number of aromatic amines is 1. The molecule has 158 valence electrons. The fraction of sp³-hybridized carbons (Fsp3) is 0.458. The number of benzene rings is 1. The highest BCUT2D eigenvalue weighted by Gasteiger charge is 2.28. The second-order valence-electron chi connectivity index (χ2n) is 8.51. The van der Waals surface area contributed by atoms with Crippen LogP contribution in [-0.2, 0) is 0 Å². The van der Waals surface area contributed by atoms with Crippen LogP contribution in [0.15, 0.2) is 48.0 Å². The number of aromatic nitrogens is 1. The Balaban J connectivity index is 1.17. The molecule has 0 radical (unpaired) electrons. The predicted octanol–water partition coefficient (Wildman–Crippen LogP) is 4.96. The Labute approximate surface area is 182 Å². The third-order valence-corrected chi connectivity index (χ3v) is 7.72. The van der Waals surface area contributed by atoms with Gasteiger partial charge in [0.05, 0.1) is 6.04 Å². The highest BCUT2D eigenvalue weighted by Crippen LogP contribution is 2.33. The van der Waals surface area contributed by atoms with Gasteiger partial charge >= 0.3 is 6.03 Å². The molecule has 1 aromatic carbocycles. The summed E-state index contributed by atoms with van der Waals surface area (Å²) >= 11 is 1.80. The minimum absolute atomic E-state index is 0.0909. The van der Waals surface area contributed by atoms with Crippen LogP contribution in [0.3, 0.4) is 0 Å². The molecule has 3 aromatic rings. The molecule has 5 nitrogen and oxygen atoms in total. The maximum absolute atomic E-state index is 12.9. The third-order valence-electron chi connectivity index (χ3n) is 6.74. The van der Waals surface area contributed by atoms with E-state index in [4.69, 9.17) is 0 Å². The summed E-state index contributed by atoms with van der Waals surface area (Å²) in [6.45, 7) is 4.61. The highest BCUT2D eigenvalue weighted by atomic mass is 32.1. The first-order valence-corrected chi connectivity index (χ1v) is 12.0. The average Bonchev–Trinajstić information content (AvgIpc) is 3.56. The first-order chi connectivity index (χ1) is 14.8. The van der Waals surface area contributed by atoms with Gasteiger partial charge in [-0.25, -0.2) is 4.79 Å². The van der Waals surface area contributed by atoms with Crippen molar-refractivity contribution >= 4 is 28.3 Å². The molecule has 2 saturated heterocycles. The highest BCUT2D eigenvalue weighted by molar-refractivity contribution is 7.10. The van der Waals surface area contributed by atoms with Gasteiger partial charge in [0.15, 0.2) is 0 Å². The van der Waals surface area contributed by atoms with Gasteiger partial charge < -0.3 is 15.2 Å². The number of thiophene rings is 1. The Morgan fingerprint density at radius 2 is 1.90 bits per heavy atom. The molecule has 2 aromatic heterocycles. The summed E-state index contributed by atoms with van der Waals surface area (Å²) in [4.78, 5) is 22.2. The second kappa shape index (κ2) is 8.82. The van der Waals surface area contributed by atoms with Crippen LogP contribution in [0.25, 0.3) is 10.9 Å². The van der Waals surface area contributed by atoms with E-state index in [0.717, 1.165) is 39.0 Å². The molecule has 0 bridgehead atoms. The van der Waals surface area contributed by atoms with Crippen LogP contribution in [-0.4, -0.2) is 53.5 Å². The molecule has 2 fully saturated rings. The number of hydrogen-bond acceptors (Lipinski definition) is 3. The molecular weight excluding hydrogens is 392 g/mol. The standard InChI is InChI=1S/C24H30N4OS/c29-24(26-17-22(23-8-5-15-30-23)27-11-3-4-12-27)28-13-9-18(10-14-28)20-16-25-21-7-2-1-6-19(20)21/h1-2,5-8,15-16,18,22,25H,3-4,9-14,17H2,(H,26,29). The van der Waals surface area contributed by atoms with Gasteiger partial charge in [0, 0.05) is 41.6 Å². The SMILES string of the molecule is O=C(NCC(c1cccs1)N1CCCC1)N1CCC(c2c[nH]c3ccccc23)CC1. The molecular formula is C24H30N4OS. The predicted molar refractivity (Wildman–Crippen MR) is 123 cm³/mol. The van der Waals surface area contributed by atoms with Gasteiger partial charge in [0.1, 0.15) is 0 Å². The number of carbonyl (C=O) groups is 1. The number of nitrogens with one attached hydrogen (secondary N) is 2. The van der Waals surface area contributed by atoms with Gasteiger partial charge in [-0.1, -0.05) is 24.3 Å². The summed E-state index contributed by atoms with van der Waals surface area (Å²) in [5.41, 5.74) is 2.60. The van der Waals surface area contributed by atoms with Gasteiger partial charge in [-0.05, 0) is 67.8 Å². The molecule has 4 heterocycles. The first kappa shape index (κ1) is 19.6. The van der Waals surface area contributed by atoms with Crippen molar-refractivity contribution < 1.29 is 4.79 Å². The second-order valence-corrected chi connectivity index (χ2v) is 9.49. The van der Waals surface area contributed by atoms with Crippen LogP contribution in [0.2, 0.25) is 0 Å². The van der Waals surface area contributed by atoms with Gasteiger partial charge in [-0.3, -0.25) is 4.90 Å². The van der Waals surface area contributed by atoms with E-state index in [2.05, 4.69) is 63.2 Å². The number of fused-ring (bicyclic) bond motifs is 1. The minimum Gasteiger partial charge on any atom is -0.361 e. The Morgan fingerprint density at radius 1 is 1.10 bits per heavy atom. The van der Waals surface area contributed by atoms with Crippen LogP contribution in [0.5, 0.6) is 0 Å². The fourth-order valence-electron chi connectivity index (χ4n) is 5.06. The average molecular weight is 423 g/mol. The third kappa shape index (κ3) is 3.98.